The topological polar surface area (TPSA) is 84.2 Å². The maximum absolute atomic E-state index is 10.7. The second-order valence-electron chi connectivity index (χ2n) is 17.7. The van der Waals surface area contributed by atoms with Crippen LogP contribution in [0.5, 0.6) is 0 Å². The number of aliphatic hydroxyl groups is 1. The van der Waals surface area contributed by atoms with E-state index in [1.165, 1.54) is 38.5 Å². The summed E-state index contributed by atoms with van der Waals surface area (Å²) < 4.78 is 25.3. The van der Waals surface area contributed by atoms with Gasteiger partial charge >= 0.3 is 0 Å². The second-order valence-corrected chi connectivity index (χ2v) is 17.7. The molecule has 0 aromatic heterocycles. The van der Waals surface area contributed by atoms with Crippen LogP contribution in [-0.4, -0.2) is 79.2 Å². The van der Waals surface area contributed by atoms with Crippen LogP contribution in [0.2, 0.25) is 0 Å². The van der Waals surface area contributed by atoms with E-state index < -0.39 is 11.5 Å². The van der Waals surface area contributed by atoms with Crippen molar-refractivity contribution in [1.82, 2.24) is 4.90 Å². The summed E-state index contributed by atoms with van der Waals surface area (Å²) in [5.74, 6) is 2.40. The van der Waals surface area contributed by atoms with Crippen molar-refractivity contribution in [2.75, 3.05) is 32.9 Å². The van der Waals surface area contributed by atoms with Gasteiger partial charge in [-0.3, -0.25) is 4.90 Å². The maximum atomic E-state index is 10.7. The Hall–Kier alpha value is -0.750. The average molecular weight is 597 g/mol. The van der Waals surface area contributed by atoms with Crippen molar-refractivity contribution in [2.45, 2.75) is 135 Å². The van der Waals surface area contributed by atoms with E-state index in [4.69, 9.17) is 18.9 Å². The Balaban J connectivity index is 0.973. The lowest BCUT2D eigenvalue weighted by Gasteiger charge is -2.60. The smallest absolute Gasteiger partial charge is 0.170 e. The van der Waals surface area contributed by atoms with Gasteiger partial charge in [-0.05, 0) is 123 Å². The molecule has 12 atom stereocenters. The first-order valence-corrected chi connectivity index (χ1v) is 17.8. The molecule has 9 unspecified atom stereocenters. The Morgan fingerprint density at radius 1 is 0.977 bits per heavy atom. The first-order chi connectivity index (χ1) is 20.4. The molecule has 0 aromatic rings. The largest absolute Gasteiger partial charge is 0.389 e. The molecule has 5 saturated carbocycles. The highest BCUT2D eigenvalue weighted by Gasteiger charge is 2.80. The van der Waals surface area contributed by atoms with Gasteiger partial charge in [0.2, 0.25) is 0 Å². The molecule has 0 amide bonds. The molecule has 8 fully saturated rings. The molecule has 43 heavy (non-hydrogen) atoms. The third kappa shape index (κ3) is 4.18. The zero-order valence-electron chi connectivity index (χ0n) is 27.4. The highest BCUT2D eigenvalue weighted by atomic mass is 16.7. The average Bonchev–Trinajstić information content (AvgIpc) is 3.49. The normalized spacial score (nSPS) is 51.5. The molecule has 7 heteroatoms. The summed E-state index contributed by atoms with van der Waals surface area (Å²) in [5, 5.41) is 20.6. The SMILES string of the molecule is CC12CC[C@@]34CC35CC[C@H](OC3CN(C6COC6)CCO3)C(C)(C)C5CCC4C1CC1OC([C@H](C#N)C(C)(C)O)CCC12. The molecule has 240 valence electrons. The van der Waals surface area contributed by atoms with Crippen molar-refractivity contribution in [3.63, 3.8) is 0 Å². The lowest BCUT2D eigenvalue weighted by atomic mass is 9.46. The summed E-state index contributed by atoms with van der Waals surface area (Å²) in [6.07, 6.45) is 12.8. The Morgan fingerprint density at radius 3 is 2.49 bits per heavy atom. The molecule has 3 saturated heterocycles. The zero-order valence-corrected chi connectivity index (χ0v) is 27.4. The molecular formula is C36H56N2O5. The van der Waals surface area contributed by atoms with Crippen LogP contribution in [0.3, 0.4) is 0 Å². The summed E-state index contributed by atoms with van der Waals surface area (Å²) in [7, 11) is 0. The van der Waals surface area contributed by atoms with Crippen LogP contribution < -0.4 is 0 Å². The molecule has 2 spiro atoms. The number of rotatable bonds is 5. The van der Waals surface area contributed by atoms with E-state index in [-0.39, 0.29) is 30.0 Å². The van der Waals surface area contributed by atoms with E-state index in [1.807, 2.05) is 0 Å². The Labute approximate surface area is 259 Å². The van der Waals surface area contributed by atoms with Crippen LogP contribution in [0.4, 0.5) is 0 Å². The molecule has 7 nitrogen and oxygen atoms in total. The standard InChI is InChI=1S/C36H56N2O5/c1-32(2)29-9-7-23-25-16-28-24(6-8-27(42-28)26(17-37)33(3,4)39)34(25,5)12-13-35(23)21-36(29,35)11-10-30(32)43-31-18-38(14-15-41-31)22-19-40-20-22/h22-31,39H,6-16,18-21H2,1-5H3/t23?,24?,25?,26-,27?,28?,29?,30-,31?,34?,35-,36?/m0/s1. The Kier molecular flexibility index (Phi) is 6.81. The third-order valence-corrected chi connectivity index (χ3v) is 15.3. The van der Waals surface area contributed by atoms with Gasteiger partial charge in [0.05, 0.1) is 62.4 Å². The van der Waals surface area contributed by atoms with Crippen molar-refractivity contribution in [3.8, 4) is 6.07 Å². The summed E-state index contributed by atoms with van der Waals surface area (Å²) in [6.45, 7) is 15.5. The molecule has 5 aliphatic carbocycles. The summed E-state index contributed by atoms with van der Waals surface area (Å²) >= 11 is 0. The predicted molar refractivity (Wildman–Crippen MR) is 162 cm³/mol. The van der Waals surface area contributed by atoms with Gasteiger partial charge in [0.15, 0.2) is 6.29 Å². The molecule has 0 bridgehead atoms. The third-order valence-electron chi connectivity index (χ3n) is 15.3. The van der Waals surface area contributed by atoms with E-state index in [0.29, 0.717) is 28.2 Å². The van der Waals surface area contributed by atoms with Crippen LogP contribution in [0.25, 0.3) is 0 Å². The van der Waals surface area contributed by atoms with Crippen molar-refractivity contribution >= 4 is 0 Å². The fourth-order valence-electron chi connectivity index (χ4n) is 13.1. The quantitative estimate of drug-likeness (QED) is 0.446. The molecular weight excluding hydrogens is 540 g/mol. The number of hydrogen-bond donors (Lipinski definition) is 1. The van der Waals surface area contributed by atoms with Crippen molar-refractivity contribution < 1.29 is 24.1 Å². The number of ether oxygens (including phenoxy) is 4. The van der Waals surface area contributed by atoms with Gasteiger partial charge in [0.1, 0.15) is 5.92 Å². The van der Waals surface area contributed by atoms with E-state index in [0.717, 1.165) is 76.3 Å². The fourth-order valence-corrected chi connectivity index (χ4v) is 13.1. The van der Waals surface area contributed by atoms with Crippen LogP contribution in [0.1, 0.15) is 98.8 Å². The van der Waals surface area contributed by atoms with Crippen LogP contribution in [-0.2, 0) is 18.9 Å². The zero-order chi connectivity index (χ0) is 30.0. The van der Waals surface area contributed by atoms with Gasteiger partial charge in [0.25, 0.3) is 0 Å². The first kappa shape index (κ1) is 29.6. The minimum absolute atomic E-state index is 0.115. The molecule has 3 heterocycles. The molecule has 3 aliphatic heterocycles. The minimum Gasteiger partial charge on any atom is -0.389 e. The minimum atomic E-state index is -1.03. The molecule has 0 aromatic carbocycles. The maximum Gasteiger partial charge on any atom is 0.170 e. The van der Waals surface area contributed by atoms with E-state index in [2.05, 4.69) is 31.7 Å². The van der Waals surface area contributed by atoms with Crippen LogP contribution >= 0.6 is 0 Å². The Morgan fingerprint density at radius 2 is 1.77 bits per heavy atom. The highest BCUT2D eigenvalue weighted by Crippen LogP contribution is 2.87. The second kappa shape index (κ2) is 9.88. The first-order valence-electron chi connectivity index (χ1n) is 17.8. The summed E-state index contributed by atoms with van der Waals surface area (Å²) in [5.41, 5.74) is 0.480. The molecule has 8 rings (SSSR count). The molecule has 0 radical (unpaired) electrons. The Bertz CT molecular complexity index is 1140. The monoisotopic (exact) mass is 596 g/mol. The highest BCUT2D eigenvalue weighted by molar-refractivity contribution is 5.29. The lowest BCUT2D eigenvalue weighted by Crippen LogP contribution is -2.58. The van der Waals surface area contributed by atoms with Gasteiger partial charge in [0, 0.05) is 6.54 Å². The van der Waals surface area contributed by atoms with Crippen molar-refractivity contribution in [1.29, 1.82) is 5.26 Å². The van der Waals surface area contributed by atoms with Gasteiger partial charge < -0.3 is 24.1 Å². The van der Waals surface area contributed by atoms with Crippen LogP contribution in [0, 0.1) is 62.6 Å². The number of nitriles is 1. The van der Waals surface area contributed by atoms with E-state index >= 15 is 0 Å². The number of morpholine rings is 1. The molecule has 1 N–H and O–H groups in total. The number of nitrogens with zero attached hydrogens (tertiary/aromatic N) is 2. The van der Waals surface area contributed by atoms with Gasteiger partial charge in [-0.15, -0.1) is 0 Å². The predicted octanol–water partition coefficient (Wildman–Crippen LogP) is 5.55. The molecule has 8 aliphatic rings. The number of hydrogen-bond acceptors (Lipinski definition) is 7. The van der Waals surface area contributed by atoms with Crippen molar-refractivity contribution in [2.24, 2.45) is 51.2 Å². The van der Waals surface area contributed by atoms with E-state index in [1.54, 1.807) is 13.8 Å². The van der Waals surface area contributed by atoms with Crippen molar-refractivity contribution in [3.05, 3.63) is 0 Å². The van der Waals surface area contributed by atoms with Crippen LogP contribution in [0.15, 0.2) is 0 Å². The number of fused-ring (bicyclic) bond motifs is 4. The van der Waals surface area contributed by atoms with Gasteiger partial charge in [-0.25, -0.2) is 0 Å². The lowest BCUT2D eigenvalue weighted by molar-refractivity contribution is -0.253. The summed E-state index contributed by atoms with van der Waals surface area (Å²) in [4.78, 5) is 2.52. The van der Waals surface area contributed by atoms with Gasteiger partial charge in [-0.1, -0.05) is 20.8 Å². The summed E-state index contributed by atoms with van der Waals surface area (Å²) in [6, 6.07) is 2.94. The fraction of sp³-hybridized carbons (Fsp3) is 0.972. The van der Waals surface area contributed by atoms with E-state index in [9.17, 15) is 10.4 Å². The van der Waals surface area contributed by atoms with Gasteiger partial charge in [-0.2, -0.15) is 5.26 Å².